The molecular formula is C19H18N4O2. The predicted molar refractivity (Wildman–Crippen MR) is 98.3 cm³/mol. The molecule has 3 heterocycles. The van der Waals surface area contributed by atoms with E-state index < -0.39 is 0 Å². The minimum Gasteiger partial charge on any atom is -0.391 e. The Morgan fingerprint density at radius 2 is 2.04 bits per heavy atom. The van der Waals surface area contributed by atoms with E-state index in [1.165, 1.54) is 4.40 Å². The predicted octanol–water partition coefficient (Wildman–Crippen LogP) is 2.73. The van der Waals surface area contributed by atoms with Crippen LogP contribution >= 0.6 is 0 Å². The van der Waals surface area contributed by atoms with Gasteiger partial charge in [0.1, 0.15) is 11.5 Å². The molecule has 6 heteroatoms. The number of rotatable bonds is 3. The number of hydrogen-bond donors (Lipinski definition) is 2. The van der Waals surface area contributed by atoms with Gasteiger partial charge < -0.3 is 15.0 Å². The second-order valence-corrected chi connectivity index (χ2v) is 6.16. The van der Waals surface area contributed by atoms with Gasteiger partial charge in [-0.1, -0.05) is 6.07 Å². The molecule has 0 aliphatic rings. The number of hydrogen-bond acceptors (Lipinski definition) is 4. The zero-order valence-corrected chi connectivity index (χ0v) is 14.0. The third kappa shape index (κ3) is 2.56. The minimum absolute atomic E-state index is 0.247. The van der Waals surface area contributed by atoms with Crippen LogP contribution in [0.3, 0.4) is 0 Å². The molecule has 0 saturated carbocycles. The third-order valence-corrected chi connectivity index (χ3v) is 4.37. The van der Waals surface area contributed by atoms with E-state index >= 15 is 0 Å². The number of aliphatic hydroxyl groups is 1. The average molecular weight is 334 g/mol. The van der Waals surface area contributed by atoms with Crippen molar-refractivity contribution in [3.8, 4) is 0 Å². The van der Waals surface area contributed by atoms with Crippen molar-refractivity contribution in [3.63, 3.8) is 0 Å². The van der Waals surface area contributed by atoms with Crippen LogP contribution in [-0.2, 0) is 13.7 Å². The zero-order valence-electron chi connectivity index (χ0n) is 14.0. The highest BCUT2D eigenvalue weighted by Gasteiger charge is 2.13. The number of fused-ring (bicyclic) bond motifs is 2. The van der Waals surface area contributed by atoms with Gasteiger partial charge in [0.05, 0.1) is 12.2 Å². The van der Waals surface area contributed by atoms with E-state index in [0.717, 1.165) is 22.2 Å². The molecule has 25 heavy (non-hydrogen) atoms. The van der Waals surface area contributed by atoms with Gasteiger partial charge in [0.15, 0.2) is 0 Å². The second-order valence-electron chi connectivity index (χ2n) is 6.16. The lowest BCUT2D eigenvalue weighted by Crippen LogP contribution is -2.22. The SMILES string of the molecule is Cc1ccc2nc(Nc3ccc4c(ccn4C)c3)c(CO)c(=O)n2c1. The lowest BCUT2D eigenvalue weighted by molar-refractivity contribution is 0.280. The molecule has 0 saturated heterocycles. The molecule has 0 radical (unpaired) electrons. The maximum atomic E-state index is 12.7. The van der Waals surface area contributed by atoms with Crippen molar-refractivity contribution in [3.05, 3.63) is 70.3 Å². The summed E-state index contributed by atoms with van der Waals surface area (Å²) < 4.78 is 3.51. The summed E-state index contributed by atoms with van der Waals surface area (Å²) in [7, 11) is 1.99. The van der Waals surface area contributed by atoms with Gasteiger partial charge in [-0.3, -0.25) is 9.20 Å². The first-order valence-electron chi connectivity index (χ1n) is 8.01. The van der Waals surface area contributed by atoms with Gasteiger partial charge >= 0.3 is 0 Å². The van der Waals surface area contributed by atoms with Gasteiger partial charge in [-0.2, -0.15) is 0 Å². The number of aryl methyl sites for hydroxylation is 2. The fraction of sp³-hybridized carbons (Fsp3) is 0.158. The van der Waals surface area contributed by atoms with E-state index in [9.17, 15) is 9.90 Å². The van der Waals surface area contributed by atoms with Crippen molar-refractivity contribution < 1.29 is 5.11 Å². The average Bonchev–Trinajstić information content (AvgIpc) is 2.97. The molecule has 4 rings (SSSR count). The molecule has 0 bridgehead atoms. The maximum absolute atomic E-state index is 12.7. The van der Waals surface area contributed by atoms with E-state index in [1.54, 1.807) is 12.3 Å². The van der Waals surface area contributed by atoms with Crippen LogP contribution in [0.1, 0.15) is 11.1 Å². The third-order valence-electron chi connectivity index (χ3n) is 4.37. The van der Waals surface area contributed by atoms with Crippen LogP contribution in [-0.4, -0.2) is 19.1 Å². The van der Waals surface area contributed by atoms with Crippen molar-refractivity contribution in [1.82, 2.24) is 14.0 Å². The highest BCUT2D eigenvalue weighted by molar-refractivity contribution is 5.84. The molecule has 0 unspecified atom stereocenters. The van der Waals surface area contributed by atoms with E-state index in [2.05, 4.69) is 10.3 Å². The molecule has 2 N–H and O–H groups in total. The molecule has 4 aromatic rings. The Bertz CT molecular complexity index is 1160. The van der Waals surface area contributed by atoms with Gasteiger partial charge in [0, 0.05) is 36.0 Å². The summed E-state index contributed by atoms with van der Waals surface area (Å²) in [5.74, 6) is 0.381. The first-order chi connectivity index (χ1) is 12.1. The van der Waals surface area contributed by atoms with Crippen LogP contribution in [0.15, 0.2) is 53.6 Å². The fourth-order valence-electron chi connectivity index (χ4n) is 3.02. The number of anilines is 2. The summed E-state index contributed by atoms with van der Waals surface area (Å²) in [6, 6.07) is 11.7. The molecule has 0 aliphatic carbocycles. The second kappa shape index (κ2) is 5.75. The number of pyridine rings is 1. The Labute approximate surface area is 144 Å². The summed E-state index contributed by atoms with van der Waals surface area (Å²) >= 11 is 0. The largest absolute Gasteiger partial charge is 0.391 e. The van der Waals surface area contributed by atoms with Crippen LogP contribution in [0, 0.1) is 6.92 Å². The van der Waals surface area contributed by atoms with Crippen LogP contribution in [0.2, 0.25) is 0 Å². The number of benzene rings is 1. The smallest absolute Gasteiger partial charge is 0.265 e. The first kappa shape index (κ1) is 15.4. The lowest BCUT2D eigenvalue weighted by Gasteiger charge is -2.12. The van der Waals surface area contributed by atoms with Crippen molar-refractivity contribution in [2.45, 2.75) is 13.5 Å². The summed E-state index contributed by atoms with van der Waals surface area (Å²) in [6.45, 7) is 1.53. The quantitative estimate of drug-likeness (QED) is 0.604. The van der Waals surface area contributed by atoms with Crippen molar-refractivity contribution in [2.75, 3.05) is 5.32 Å². The Kier molecular flexibility index (Phi) is 3.54. The topological polar surface area (TPSA) is 71.6 Å². The normalized spacial score (nSPS) is 11.3. The lowest BCUT2D eigenvalue weighted by atomic mass is 10.2. The molecule has 0 aliphatic heterocycles. The Hall–Kier alpha value is -3.12. The highest BCUT2D eigenvalue weighted by Crippen LogP contribution is 2.23. The molecule has 3 aromatic heterocycles. The summed E-state index contributed by atoms with van der Waals surface area (Å²) in [5.41, 5.74) is 3.41. The van der Waals surface area contributed by atoms with E-state index in [0.29, 0.717) is 11.5 Å². The van der Waals surface area contributed by atoms with Gasteiger partial charge in [-0.25, -0.2) is 4.98 Å². The van der Waals surface area contributed by atoms with Crippen LogP contribution in [0.5, 0.6) is 0 Å². The number of aromatic nitrogens is 3. The fourth-order valence-corrected chi connectivity index (χ4v) is 3.02. The molecule has 126 valence electrons. The van der Waals surface area contributed by atoms with Crippen molar-refractivity contribution in [1.29, 1.82) is 0 Å². The van der Waals surface area contributed by atoms with Crippen LogP contribution in [0.4, 0.5) is 11.5 Å². The summed E-state index contributed by atoms with van der Waals surface area (Å²) in [5, 5.41) is 14.0. The van der Waals surface area contributed by atoms with Crippen LogP contribution in [0.25, 0.3) is 16.6 Å². The van der Waals surface area contributed by atoms with Gasteiger partial charge in [-0.15, -0.1) is 0 Å². The zero-order chi connectivity index (χ0) is 17.6. The molecule has 0 amide bonds. The van der Waals surface area contributed by atoms with Crippen molar-refractivity contribution in [2.24, 2.45) is 7.05 Å². The van der Waals surface area contributed by atoms with Gasteiger partial charge in [-0.05, 0) is 42.8 Å². The molecule has 1 aromatic carbocycles. The minimum atomic E-state index is -0.376. The first-order valence-corrected chi connectivity index (χ1v) is 8.01. The monoisotopic (exact) mass is 334 g/mol. The highest BCUT2D eigenvalue weighted by atomic mass is 16.3. The Morgan fingerprint density at radius 1 is 1.20 bits per heavy atom. The Balaban J connectivity index is 1.84. The molecular weight excluding hydrogens is 316 g/mol. The maximum Gasteiger partial charge on any atom is 0.265 e. The number of nitrogens with one attached hydrogen (secondary N) is 1. The summed E-state index contributed by atoms with van der Waals surface area (Å²) in [4.78, 5) is 17.2. The molecule has 0 spiro atoms. The molecule has 0 fully saturated rings. The van der Waals surface area contributed by atoms with E-state index in [-0.39, 0.29) is 17.7 Å². The van der Waals surface area contributed by atoms with E-state index in [4.69, 9.17) is 0 Å². The summed E-state index contributed by atoms with van der Waals surface area (Å²) in [6.07, 6.45) is 3.72. The van der Waals surface area contributed by atoms with Crippen molar-refractivity contribution >= 4 is 28.1 Å². The van der Waals surface area contributed by atoms with Gasteiger partial charge in [0.25, 0.3) is 5.56 Å². The molecule has 0 atom stereocenters. The van der Waals surface area contributed by atoms with Gasteiger partial charge in [0.2, 0.25) is 0 Å². The molecule has 6 nitrogen and oxygen atoms in total. The Morgan fingerprint density at radius 3 is 2.84 bits per heavy atom. The number of aliphatic hydroxyl groups excluding tert-OH is 1. The van der Waals surface area contributed by atoms with E-state index in [1.807, 2.05) is 55.1 Å². The van der Waals surface area contributed by atoms with Crippen LogP contribution < -0.4 is 10.9 Å². The standard InChI is InChI=1S/C19H18N4O2/c1-12-3-6-17-21-18(15(11-24)19(25)23(17)10-12)20-14-4-5-16-13(9-14)7-8-22(16)2/h3-10,20,24H,11H2,1-2H3. The number of nitrogens with zero attached hydrogens (tertiary/aromatic N) is 3.